The molecule has 0 bridgehead atoms. The number of nitrogens with zero attached hydrogens (tertiary/aromatic N) is 1. The first-order chi connectivity index (χ1) is 18.2. The number of aliphatic hydroxyl groups is 1. The van der Waals surface area contributed by atoms with E-state index in [9.17, 15) is 9.90 Å². The average molecular weight is 612 g/mol. The normalized spacial score (nSPS) is 16.2. The molecule has 0 amide bonds. The molecule has 0 unspecified atom stereocenters. The van der Waals surface area contributed by atoms with Crippen LogP contribution in [0.4, 0.5) is 0 Å². The summed E-state index contributed by atoms with van der Waals surface area (Å²) in [5, 5.41) is 12.3. The van der Waals surface area contributed by atoms with E-state index in [0.717, 1.165) is 35.8 Å². The van der Waals surface area contributed by atoms with E-state index in [2.05, 4.69) is 87.3 Å². The largest absolute Gasteiger partial charge is 0.416 e. The molecule has 1 N–H and O–H groups in total. The van der Waals surface area contributed by atoms with Crippen molar-refractivity contribution in [1.82, 2.24) is 4.98 Å². The first-order valence-corrected chi connectivity index (χ1v) is 21.2. The van der Waals surface area contributed by atoms with E-state index in [4.69, 9.17) is 8.85 Å². The number of thiazole rings is 1. The van der Waals surface area contributed by atoms with Gasteiger partial charge in [0.05, 0.1) is 17.2 Å². The number of hydrogen-bond donors (Lipinski definition) is 1. The van der Waals surface area contributed by atoms with Gasteiger partial charge in [-0.25, -0.2) is 4.98 Å². The fourth-order valence-corrected chi connectivity index (χ4v) is 13.4. The van der Waals surface area contributed by atoms with Crippen molar-refractivity contribution >= 4 is 39.8 Å². The standard InChI is InChI=1S/C32H61NO4SSi2/c1-22(2)40(23(3)4,24(5)6)36-21-25(7)16-15-17-31(37-39(13,14)32(10,11)12)30(35)19-29(34)26(8)18-28-20-33-27(9)38-28/h18,20,22-25,30-31,35H,15-17,19,21H2,1-14H3/b26-18+/t25-,30+,31+/m0/s1. The number of aromatic nitrogens is 1. The number of aryl methyl sites for hydroxylation is 1. The topological polar surface area (TPSA) is 68.7 Å². The summed E-state index contributed by atoms with van der Waals surface area (Å²) in [6.45, 7) is 31.9. The van der Waals surface area contributed by atoms with E-state index in [1.807, 2.05) is 19.9 Å². The molecule has 3 atom stereocenters. The highest BCUT2D eigenvalue weighted by atomic mass is 32.1. The second-order valence-corrected chi connectivity index (χ2v) is 25.9. The smallest absolute Gasteiger partial charge is 0.200 e. The molecule has 40 heavy (non-hydrogen) atoms. The van der Waals surface area contributed by atoms with Crippen molar-refractivity contribution in [2.45, 2.75) is 156 Å². The molecule has 0 aliphatic rings. The fourth-order valence-electron chi connectivity index (χ4n) is 5.64. The third-order valence-corrected chi connectivity index (χ3v) is 20.5. The van der Waals surface area contributed by atoms with Crippen LogP contribution in [0, 0.1) is 12.8 Å². The summed E-state index contributed by atoms with van der Waals surface area (Å²) >= 11 is 1.56. The van der Waals surface area contributed by atoms with Crippen LogP contribution in [0.15, 0.2) is 11.8 Å². The zero-order valence-electron chi connectivity index (χ0n) is 28.2. The van der Waals surface area contributed by atoms with E-state index in [1.54, 1.807) is 17.5 Å². The number of ketones is 1. The molecule has 5 nitrogen and oxygen atoms in total. The van der Waals surface area contributed by atoms with Gasteiger partial charge in [0.2, 0.25) is 0 Å². The van der Waals surface area contributed by atoms with Crippen LogP contribution in [-0.2, 0) is 13.6 Å². The maximum atomic E-state index is 13.1. The molecule has 1 aromatic heterocycles. The van der Waals surface area contributed by atoms with Gasteiger partial charge in [-0.05, 0) is 79.0 Å². The van der Waals surface area contributed by atoms with Gasteiger partial charge in [-0.1, -0.05) is 75.7 Å². The zero-order valence-corrected chi connectivity index (χ0v) is 31.0. The lowest BCUT2D eigenvalue weighted by Gasteiger charge is -2.43. The van der Waals surface area contributed by atoms with Crippen molar-refractivity contribution in [1.29, 1.82) is 0 Å². The summed E-state index contributed by atoms with van der Waals surface area (Å²) in [6, 6.07) is 0. The molecule has 0 radical (unpaired) electrons. The Morgan fingerprint density at radius 1 is 1.05 bits per heavy atom. The van der Waals surface area contributed by atoms with Gasteiger partial charge in [0.1, 0.15) is 0 Å². The Bertz CT molecular complexity index is 927. The highest BCUT2D eigenvalue weighted by Crippen LogP contribution is 2.43. The van der Waals surface area contributed by atoms with E-state index in [0.29, 0.717) is 28.1 Å². The third kappa shape index (κ3) is 10.6. The predicted molar refractivity (Wildman–Crippen MR) is 178 cm³/mol. The van der Waals surface area contributed by atoms with E-state index in [1.165, 1.54) is 0 Å². The average Bonchev–Trinajstić information content (AvgIpc) is 3.21. The number of rotatable bonds is 17. The van der Waals surface area contributed by atoms with E-state index in [-0.39, 0.29) is 23.3 Å². The molecule has 8 heteroatoms. The minimum absolute atomic E-state index is 0.0223. The molecular weight excluding hydrogens is 551 g/mol. The van der Waals surface area contributed by atoms with Gasteiger partial charge in [0, 0.05) is 24.1 Å². The Morgan fingerprint density at radius 3 is 2.05 bits per heavy atom. The lowest BCUT2D eigenvalue weighted by molar-refractivity contribution is -0.119. The van der Waals surface area contributed by atoms with Crippen molar-refractivity contribution in [3.05, 3.63) is 21.7 Å². The number of carbonyl (C=O) groups is 1. The summed E-state index contributed by atoms with van der Waals surface area (Å²) < 4.78 is 13.6. The third-order valence-electron chi connectivity index (χ3n) is 9.02. The van der Waals surface area contributed by atoms with Gasteiger partial charge in [-0.15, -0.1) is 11.3 Å². The first-order valence-electron chi connectivity index (χ1n) is 15.4. The Hall–Kier alpha value is -0.646. The van der Waals surface area contributed by atoms with Crippen LogP contribution in [-0.4, -0.2) is 51.3 Å². The lowest BCUT2D eigenvalue weighted by Crippen LogP contribution is -2.48. The predicted octanol–water partition coefficient (Wildman–Crippen LogP) is 9.56. The van der Waals surface area contributed by atoms with Gasteiger partial charge in [0.15, 0.2) is 22.4 Å². The fraction of sp³-hybridized carbons (Fsp3) is 0.812. The van der Waals surface area contributed by atoms with Crippen LogP contribution in [0.25, 0.3) is 6.08 Å². The van der Waals surface area contributed by atoms with Crippen molar-refractivity contribution in [3.8, 4) is 0 Å². The van der Waals surface area contributed by atoms with Crippen molar-refractivity contribution < 1.29 is 18.8 Å². The van der Waals surface area contributed by atoms with Gasteiger partial charge in [0.25, 0.3) is 0 Å². The Labute approximate surface area is 252 Å². The molecule has 1 rings (SSSR count). The lowest BCUT2D eigenvalue weighted by atomic mass is 9.97. The van der Waals surface area contributed by atoms with Gasteiger partial charge >= 0.3 is 0 Å². The summed E-state index contributed by atoms with van der Waals surface area (Å²) in [7, 11) is -4.02. The second-order valence-electron chi connectivity index (χ2n) is 14.4. The number of hydrogen-bond acceptors (Lipinski definition) is 6. The van der Waals surface area contributed by atoms with Crippen molar-refractivity contribution in [3.63, 3.8) is 0 Å². The molecule has 0 fully saturated rings. The summed E-state index contributed by atoms with van der Waals surface area (Å²) in [5.41, 5.74) is 2.37. The van der Waals surface area contributed by atoms with Gasteiger partial charge < -0.3 is 14.0 Å². The molecule has 0 aliphatic carbocycles. The molecule has 232 valence electrons. The van der Waals surface area contributed by atoms with Crippen LogP contribution in [0.3, 0.4) is 0 Å². The molecule has 1 heterocycles. The van der Waals surface area contributed by atoms with Gasteiger partial charge in [-0.2, -0.15) is 0 Å². The van der Waals surface area contributed by atoms with Crippen molar-refractivity contribution in [2.24, 2.45) is 5.92 Å². The molecule has 0 saturated heterocycles. The number of Topliss-reactive ketones (excluding diaryl/α,β-unsaturated/α-hetero) is 1. The highest BCUT2D eigenvalue weighted by Gasteiger charge is 2.45. The summed E-state index contributed by atoms with van der Waals surface area (Å²) in [4.78, 5) is 18.3. The Morgan fingerprint density at radius 2 is 1.60 bits per heavy atom. The number of allylic oxidation sites excluding steroid dienone is 1. The van der Waals surface area contributed by atoms with Crippen molar-refractivity contribution in [2.75, 3.05) is 6.61 Å². The molecule has 0 spiro atoms. The molecule has 0 saturated carbocycles. The summed E-state index contributed by atoms with van der Waals surface area (Å²) in [5.74, 6) is 0.393. The molecule has 0 aromatic carbocycles. The van der Waals surface area contributed by atoms with Crippen LogP contribution in [0.5, 0.6) is 0 Å². The SMILES string of the molecule is C/C(=C\c1cnc(C)s1)C(=O)C[C@@H](O)[C@@H](CCC[C@H](C)CO[Si](C(C)C)(C(C)C)C(C)C)O[Si](C)(C)C(C)(C)C. The van der Waals surface area contributed by atoms with Crippen LogP contribution >= 0.6 is 11.3 Å². The molecule has 1 aromatic rings. The monoisotopic (exact) mass is 611 g/mol. The van der Waals surface area contributed by atoms with Crippen LogP contribution in [0.1, 0.15) is 112 Å². The number of aliphatic hydroxyl groups excluding tert-OH is 1. The zero-order chi connectivity index (χ0) is 31.1. The molecule has 0 aliphatic heterocycles. The second kappa shape index (κ2) is 15.7. The maximum absolute atomic E-state index is 13.1. The quantitative estimate of drug-likeness (QED) is 0.140. The Kier molecular flexibility index (Phi) is 14.7. The minimum Gasteiger partial charge on any atom is -0.416 e. The highest BCUT2D eigenvalue weighted by molar-refractivity contribution is 7.12. The minimum atomic E-state index is -2.13. The van der Waals surface area contributed by atoms with Crippen LogP contribution < -0.4 is 0 Å². The first kappa shape index (κ1) is 37.4. The van der Waals surface area contributed by atoms with Gasteiger partial charge in [-0.3, -0.25) is 4.79 Å². The number of carbonyl (C=O) groups excluding carboxylic acids is 1. The maximum Gasteiger partial charge on any atom is 0.200 e. The molecular formula is C32H61NO4SSi2. The Balaban J connectivity index is 2.92. The van der Waals surface area contributed by atoms with E-state index < -0.39 is 22.7 Å². The van der Waals surface area contributed by atoms with Crippen LogP contribution in [0.2, 0.25) is 34.8 Å². The summed E-state index contributed by atoms with van der Waals surface area (Å²) in [6.07, 6.45) is 5.24. The van der Waals surface area contributed by atoms with E-state index >= 15 is 0 Å².